The number of esters is 1. The molecule has 0 amide bonds. The molecule has 2 aromatic heterocycles. The third-order valence-electron chi connectivity index (χ3n) is 4.77. The molecule has 0 unspecified atom stereocenters. The van der Waals surface area contributed by atoms with Gasteiger partial charge in [0, 0.05) is 11.2 Å². The molecule has 0 atom stereocenters. The van der Waals surface area contributed by atoms with E-state index in [2.05, 4.69) is 20.3 Å². The SMILES string of the molecule is CCC(C)(C)OC(=O)COc1cnccc1Nc1nc(-c2cc(Cl)ccc2F)ncc1OC. The predicted molar refractivity (Wildman–Crippen MR) is 122 cm³/mol. The van der Waals surface area contributed by atoms with Crippen molar-refractivity contribution in [3.8, 4) is 22.9 Å². The van der Waals surface area contributed by atoms with Gasteiger partial charge in [-0.15, -0.1) is 0 Å². The van der Waals surface area contributed by atoms with Crippen LogP contribution in [0.3, 0.4) is 0 Å². The third kappa shape index (κ3) is 6.29. The molecule has 0 bridgehead atoms. The van der Waals surface area contributed by atoms with Crippen molar-refractivity contribution in [3.63, 3.8) is 0 Å². The van der Waals surface area contributed by atoms with Crippen molar-refractivity contribution in [1.82, 2.24) is 15.0 Å². The van der Waals surface area contributed by atoms with Gasteiger partial charge in [-0.2, -0.15) is 0 Å². The standard InChI is InChI=1S/C23H24ClFN4O4/c1-5-23(2,3)33-20(30)13-32-18-11-26-9-8-17(18)28-22-19(31-4)12-27-21(29-22)15-10-14(24)6-7-16(15)25/h6-12H,5,13H2,1-4H3,(H,26,27,28,29). The van der Waals surface area contributed by atoms with Crippen molar-refractivity contribution in [3.05, 3.63) is 53.7 Å². The van der Waals surface area contributed by atoms with E-state index in [0.717, 1.165) is 0 Å². The van der Waals surface area contributed by atoms with Gasteiger partial charge in [0.2, 0.25) is 0 Å². The molecule has 0 saturated heterocycles. The van der Waals surface area contributed by atoms with Gasteiger partial charge in [-0.05, 0) is 44.5 Å². The molecule has 33 heavy (non-hydrogen) atoms. The van der Waals surface area contributed by atoms with E-state index in [0.29, 0.717) is 28.6 Å². The topological polar surface area (TPSA) is 95.5 Å². The Morgan fingerprint density at radius 1 is 1.21 bits per heavy atom. The Hall–Kier alpha value is -3.46. The van der Waals surface area contributed by atoms with E-state index in [1.165, 1.54) is 37.7 Å². The molecule has 2 heterocycles. The zero-order valence-electron chi connectivity index (χ0n) is 18.7. The molecule has 0 aliphatic heterocycles. The summed E-state index contributed by atoms with van der Waals surface area (Å²) in [6.45, 7) is 5.27. The summed E-state index contributed by atoms with van der Waals surface area (Å²) in [6.07, 6.45) is 5.07. The van der Waals surface area contributed by atoms with Crippen molar-refractivity contribution >= 4 is 29.1 Å². The largest absolute Gasteiger partial charge is 0.491 e. The van der Waals surface area contributed by atoms with Crippen LogP contribution >= 0.6 is 11.6 Å². The second-order valence-corrected chi connectivity index (χ2v) is 8.04. The fourth-order valence-electron chi connectivity index (χ4n) is 2.68. The molecule has 8 nitrogen and oxygen atoms in total. The van der Waals surface area contributed by atoms with E-state index in [1.807, 2.05) is 20.8 Å². The zero-order valence-corrected chi connectivity index (χ0v) is 19.4. The summed E-state index contributed by atoms with van der Waals surface area (Å²) in [5, 5.41) is 3.42. The number of hydrogen-bond donors (Lipinski definition) is 1. The Bertz CT molecular complexity index is 1140. The van der Waals surface area contributed by atoms with Crippen molar-refractivity contribution in [2.75, 3.05) is 19.0 Å². The van der Waals surface area contributed by atoms with Gasteiger partial charge in [0.05, 0.1) is 30.8 Å². The van der Waals surface area contributed by atoms with Crippen molar-refractivity contribution in [1.29, 1.82) is 0 Å². The number of ether oxygens (including phenoxy) is 3. The molecule has 0 spiro atoms. The Morgan fingerprint density at radius 3 is 2.73 bits per heavy atom. The van der Waals surface area contributed by atoms with Crippen LogP contribution in [0.15, 0.2) is 42.9 Å². The van der Waals surface area contributed by atoms with Crippen molar-refractivity contribution in [2.45, 2.75) is 32.8 Å². The van der Waals surface area contributed by atoms with Gasteiger partial charge in [-0.1, -0.05) is 18.5 Å². The minimum Gasteiger partial charge on any atom is -0.491 e. The van der Waals surface area contributed by atoms with E-state index in [9.17, 15) is 9.18 Å². The summed E-state index contributed by atoms with van der Waals surface area (Å²) >= 11 is 6.00. The fourth-order valence-corrected chi connectivity index (χ4v) is 2.85. The van der Waals surface area contributed by atoms with Crippen LogP contribution in [0.4, 0.5) is 15.9 Å². The highest BCUT2D eigenvalue weighted by Crippen LogP contribution is 2.32. The summed E-state index contributed by atoms with van der Waals surface area (Å²) in [6, 6.07) is 5.76. The molecule has 3 rings (SSSR count). The summed E-state index contributed by atoms with van der Waals surface area (Å²) in [5.74, 6) is -0.0484. The highest BCUT2D eigenvalue weighted by Gasteiger charge is 2.21. The molecule has 0 saturated carbocycles. The molecule has 0 radical (unpaired) electrons. The molecule has 0 fully saturated rings. The van der Waals surface area contributed by atoms with Crippen molar-refractivity contribution < 1.29 is 23.4 Å². The number of aromatic nitrogens is 3. The first-order chi connectivity index (χ1) is 15.7. The smallest absolute Gasteiger partial charge is 0.344 e. The van der Waals surface area contributed by atoms with Crippen LogP contribution in [0.1, 0.15) is 27.2 Å². The van der Waals surface area contributed by atoms with Crippen LogP contribution in [0, 0.1) is 5.82 Å². The summed E-state index contributed by atoms with van der Waals surface area (Å²) in [5.41, 5.74) is 0.0133. The lowest BCUT2D eigenvalue weighted by Crippen LogP contribution is -2.29. The number of carbonyl (C=O) groups is 1. The third-order valence-corrected chi connectivity index (χ3v) is 5.00. The Labute approximate surface area is 196 Å². The number of anilines is 2. The lowest BCUT2D eigenvalue weighted by Gasteiger charge is -2.23. The van der Waals surface area contributed by atoms with Crippen LogP contribution < -0.4 is 14.8 Å². The van der Waals surface area contributed by atoms with Gasteiger partial charge in [-0.25, -0.2) is 19.2 Å². The summed E-state index contributed by atoms with van der Waals surface area (Å²) in [7, 11) is 1.46. The van der Waals surface area contributed by atoms with E-state index in [1.54, 1.807) is 12.3 Å². The number of methoxy groups -OCH3 is 1. The van der Waals surface area contributed by atoms with E-state index in [-0.39, 0.29) is 23.8 Å². The van der Waals surface area contributed by atoms with Crippen LogP contribution in [0.5, 0.6) is 11.5 Å². The maximum Gasteiger partial charge on any atom is 0.344 e. The maximum absolute atomic E-state index is 14.3. The number of halogens is 2. The molecule has 174 valence electrons. The van der Waals surface area contributed by atoms with Gasteiger partial charge >= 0.3 is 5.97 Å². The Morgan fingerprint density at radius 2 is 2.00 bits per heavy atom. The lowest BCUT2D eigenvalue weighted by molar-refractivity contribution is -0.159. The van der Waals surface area contributed by atoms with Crippen LogP contribution in [-0.4, -0.2) is 40.2 Å². The minimum atomic E-state index is -0.587. The molecule has 1 aromatic carbocycles. The second kappa shape index (κ2) is 10.4. The zero-order chi connectivity index (χ0) is 24.0. The second-order valence-electron chi connectivity index (χ2n) is 7.61. The van der Waals surface area contributed by atoms with E-state index < -0.39 is 17.4 Å². The average Bonchev–Trinajstić information content (AvgIpc) is 2.80. The van der Waals surface area contributed by atoms with Gasteiger partial charge in [0.25, 0.3) is 0 Å². The Balaban J connectivity index is 1.85. The van der Waals surface area contributed by atoms with Gasteiger partial charge < -0.3 is 19.5 Å². The summed E-state index contributed by atoms with van der Waals surface area (Å²) < 4.78 is 30.7. The predicted octanol–water partition coefficient (Wildman–Crippen LogP) is 5.19. The number of hydrogen-bond acceptors (Lipinski definition) is 8. The molecular weight excluding hydrogens is 451 g/mol. The molecule has 0 aliphatic carbocycles. The maximum atomic E-state index is 14.3. The summed E-state index contributed by atoms with van der Waals surface area (Å²) in [4.78, 5) is 24.7. The first kappa shape index (κ1) is 24.2. The first-order valence-corrected chi connectivity index (χ1v) is 10.5. The Kier molecular flexibility index (Phi) is 7.65. The monoisotopic (exact) mass is 474 g/mol. The molecule has 1 N–H and O–H groups in total. The van der Waals surface area contributed by atoms with Crippen LogP contribution in [0.25, 0.3) is 11.4 Å². The lowest BCUT2D eigenvalue weighted by atomic mass is 10.1. The van der Waals surface area contributed by atoms with Crippen LogP contribution in [0.2, 0.25) is 5.02 Å². The molecule has 10 heteroatoms. The number of nitrogens with one attached hydrogen (secondary N) is 1. The first-order valence-electron chi connectivity index (χ1n) is 10.1. The minimum absolute atomic E-state index is 0.111. The van der Waals surface area contributed by atoms with E-state index >= 15 is 0 Å². The number of nitrogens with zero attached hydrogens (tertiary/aromatic N) is 3. The highest BCUT2D eigenvalue weighted by molar-refractivity contribution is 6.30. The van der Waals surface area contributed by atoms with Crippen LogP contribution in [-0.2, 0) is 9.53 Å². The molecule has 3 aromatic rings. The molecular formula is C23H24ClFN4O4. The average molecular weight is 475 g/mol. The number of benzene rings is 1. The van der Waals surface area contributed by atoms with Gasteiger partial charge in [0.15, 0.2) is 29.7 Å². The van der Waals surface area contributed by atoms with Crippen molar-refractivity contribution in [2.24, 2.45) is 0 Å². The quantitative estimate of drug-likeness (QED) is 0.423. The van der Waals surface area contributed by atoms with Gasteiger partial charge in [0.1, 0.15) is 11.4 Å². The fraction of sp³-hybridized carbons (Fsp3) is 0.304. The number of rotatable bonds is 9. The van der Waals surface area contributed by atoms with Gasteiger partial charge in [-0.3, -0.25) is 4.98 Å². The van der Waals surface area contributed by atoms with E-state index in [4.69, 9.17) is 25.8 Å². The highest BCUT2D eigenvalue weighted by atomic mass is 35.5. The normalized spacial score (nSPS) is 11.1. The molecule has 0 aliphatic rings. The number of pyridine rings is 1. The number of carbonyl (C=O) groups excluding carboxylic acids is 1.